The van der Waals surface area contributed by atoms with Gasteiger partial charge in [-0.05, 0) is 35.2 Å². The predicted octanol–water partition coefficient (Wildman–Crippen LogP) is 4.31. The highest BCUT2D eigenvalue weighted by molar-refractivity contribution is 7.13. The molecule has 2 heterocycles. The maximum atomic E-state index is 12.4. The van der Waals surface area contributed by atoms with Gasteiger partial charge in [0.05, 0.1) is 11.4 Å². The van der Waals surface area contributed by atoms with Gasteiger partial charge in [-0.15, -0.1) is 11.3 Å². The summed E-state index contributed by atoms with van der Waals surface area (Å²) in [7, 11) is 0. The van der Waals surface area contributed by atoms with Gasteiger partial charge in [0.25, 0.3) is 5.91 Å². The van der Waals surface area contributed by atoms with Gasteiger partial charge in [0.15, 0.2) is 0 Å². The number of hydrogen-bond acceptors (Lipinski definition) is 6. The van der Waals surface area contributed by atoms with Gasteiger partial charge in [0.2, 0.25) is 11.7 Å². The minimum absolute atomic E-state index is 0.159. The highest BCUT2D eigenvalue weighted by Crippen LogP contribution is 2.21. The molecule has 0 fully saturated rings. The van der Waals surface area contributed by atoms with E-state index in [0.29, 0.717) is 29.6 Å². The van der Waals surface area contributed by atoms with E-state index in [-0.39, 0.29) is 12.5 Å². The molecule has 1 N–H and O–H groups in total. The second-order valence-electron chi connectivity index (χ2n) is 5.97. The van der Waals surface area contributed by atoms with E-state index in [9.17, 15) is 4.79 Å². The molecule has 7 heteroatoms. The normalized spacial score (nSPS) is 10.6. The van der Waals surface area contributed by atoms with Crippen LogP contribution in [0.1, 0.15) is 21.8 Å². The van der Waals surface area contributed by atoms with Crippen LogP contribution in [-0.2, 0) is 13.2 Å². The lowest BCUT2D eigenvalue weighted by Crippen LogP contribution is -2.22. The fourth-order valence-corrected chi connectivity index (χ4v) is 3.21. The van der Waals surface area contributed by atoms with Crippen molar-refractivity contribution in [2.45, 2.75) is 13.2 Å². The first kappa shape index (κ1) is 17.9. The van der Waals surface area contributed by atoms with Crippen molar-refractivity contribution >= 4 is 17.2 Å². The van der Waals surface area contributed by atoms with Gasteiger partial charge in [0, 0.05) is 5.56 Å². The Balaban J connectivity index is 1.34. The average molecular weight is 391 g/mol. The summed E-state index contributed by atoms with van der Waals surface area (Å²) >= 11 is 1.53. The molecule has 1 amide bonds. The minimum Gasteiger partial charge on any atom is -0.489 e. The molecular weight excluding hydrogens is 374 g/mol. The van der Waals surface area contributed by atoms with Crippen molar-refractivity contribution < 1.29 is 14.1 Å². The van der Waals surface area contributed by atoms with Crippen LogP contribution in [0, 0.1) is 0 Å². The van der Waals surface area contributed by atoms with Crippen molar-refractivity contribution in [3.05, 3.63) is 89.1 Å². The highest BCUT2D eigenvalue weighted by Gasteiger charge is 2.12. The van der Waals surface area contributed by atoms with Gasteiger partial charge in [0.1, 0.15) is 12.4 Å². The zero-order valence-electron chi connectivity index (χ0n) is 14.9. The molecule has 2 aromatic carbocycles. The molecule has 0 unspecified atom stereocenters. The van der Waals surface area contributed by atoms with Crippen LogP contribution in [0.4, 0.5) is 0 Å². The zero-order valence-corrected chi connectivity index (χ0v) is 15.7. The SMILES string of the molecule is O=C(NCc1nc(-c2cccs2)no1)c1cccc(OCc2ccccc2)c1. The van der Waals surface area contributed by atoms with Gasteiger partial charge >= 0.3 is 0 Å². The fraction of sp³-hybridized carbons (Fsp3) is 0.0952. The summed E-state index contributed by atoms with van der Waals surface area (Å²) in [6.45, 7) is 0.603. The van der Waals surface area contributed by atoms with E-state index in [2.05, 4.69) is 15.5 Å². The van der Waals surface area contributed by atoms with Crippen LogP contribution < -0.4 is 10.1 Å². The molecule has 0 aliphatic heterocycles. The summed E-state index contributed by atoms with van der Waals surface area (Å²) in [4.78, 5) is 17.6. The lowest BCUT2D eigenvalue weighted by atomic mass is 10.2. The number of aromatic nitrogens is 2. The summed E-state index contributed by atoms with van der Waals surface area (Å²) in [5.74, 6) is 1.28. The van der Waals surface area contributed by atoms with Crippen molar-refractivity contribution in [2.75, 3.05) is 0 Å². The van der Waals surface area contributed by atoms with Gasteiger partial charge in [-0.25, -0.2) is 0 Å². The first-order chi connectivity index (χ1) is 13.8. The van der Waals surface area contributed by atoms with E-state index in [4.69, 9.17) is 9.26 Å². The van der Waals surface area contributed by atoms with Crippen molar-refractivity contribution in [1.29, 1.82) is 0 Å². The number of carbonyl (C=O) groups excluding carboxylic acids is 1. The van der Waals surface area contributed by atoms with Crippen molar-refractivity contribution in [2.24, 2.45) is 0 Å². The molecule has 0 aliphatic carbocycles. The maximum absolute atomic E-state index is 12.4. The van der Waals surface area contributed by atoms with Crippen LogP contribution in [-0.4, -0.2) is 16.0 Å². The third-order valence-electron chi connectivity index (χ3n) is 3.95. The monoisotopic (exact) mass is 391 g/mol. The van der Waals surface area contributed by atoms with Crippen molar-refractivity contribution in [3.63, 3.8) is 0 Å². The minimum atomic E-state index is -0.235. The highest BCUT2D eigenvalue weighted by atomic mass is 32.1. The van der Waals surface area contributed by atoms with Gasteiger partial charge in [-0.3, -0.25) is 4.79 Å². The molecule has 6 nitrogen and oxygen atoms in total. The Morgan fingerprint density at radius 2 is 1.96 bits per heavy atom. The first-order valence-electron chi connectivity index (χ1n) is 8.69. The Morgan fingerprint density at radius 3 is 2.79 bits per heavy atom. The Labute approximate surface area is 165 Å². The summed E-state index contributed by atoms with van der Waals surface area (Å²) in [5.41, 5.74) is 1.57. The van der Waals surface area contributed by atoms with E-state index >= 15 is 0 Å². The second-order valence-corrected chi connectivity index (χ2v) is 6.92. The zero-order chi connectivity index (χ0) is 19.2. The van der Waals surface area contributed by atoms with Gasteiger partial charge < -0.3 is 14.6 Å². The standard InChI is InChI=1S/C21H17N3O3S/c25-21(22-13-19-23-20(24-27-19)18-10-5-11-28-18)16-8-4-9-17(12-16)26-14-15-6-2-1-3-7-15/h1-12H,13-14H2,(H,22,25). The lowest BCUT2D eigenvalue weighted by molar-refractivity contribution is 0.0946. The number of nitrogens with zero attached hydrogens (tertiary/aromatic N) is 2. The number of hydrogen-bond donors (Lipinski definition) is 1. The third kappa shape index (κ3) is 4.44. The van der Waals surface area contributed by atoms with Crippen molar-refractivity contribution in [1.82, 2.24) is 15.5 Å². The van der Waals surface area contributed by atoms with Crippen LogP contribution in [0.2, 0.25) is 0 Å². The second kappa shape index (κ2) is 8.49. The molecule has 4 rings (SSSR count). The molecule has 0 saturated heterocycles. The number of carbonyl (C=O) groups is 1. The summed E-state index contributed by atoms with van der Waals surface area (Å²) in [5, 5.41) is 8.66. The number of amides is 1. The Bertz CT molecular complexity index is 1050. The number of rotatable bonds is 7. The van der Waals surface area contributed by atoms with Crippen molar-refractivity contribution in [3.8, 4) is 16.5 Å². The summed E-state index contributed by atoms with van der Waals surface area (Å²) in [6, 6.07) is 20.8. The number of benzene rings is 2. The first-order valence-corrected chi connectivity index (χ1v) is 9.57. The Hall–Kier alpha value is -3.45. The fourth-order valence-electron chi connectivity index (χ4n) is 2.56. The Kier molecular flexibility index (Phi) is 5.44. The summed E-state index contributed by atoms with van der Waals surface area (Å²) < 4.78 is 11.0. The molecular formula is C21H17N3O3S. The number of thiophene rings is 1. The third-order valence-corrected chi connectivity index (χ3v) is 4.82. The van der Waals surface area contributed by atoms with Crippen LogP contribution in [0.25, 0.3) is 10.7 Å². The average Bonchev–Trinajstić information content (AvgIpc) is 3.43. The van der Waals surface area contributed by atoms with Crippen LogP contribution >= 0.6 is 11.3 Å². The van der Waals surface area contributed by atoms with Gasteiger partial charge in [-0.2, -0.15) is 4.98 Å². The quantitative estimate of drug-likeness (QED) is 0.508. The van der Waals surface area contributed by atoms with E-state index < -0.39 is 0 Å². The number of ether oxygens (including phenoxy) is 1. The predicted molar refractivity (Wildman–Crippen MR) is 106 cm³/mol. The molecule has 140 valence electrons. The molecule has 28 heavy (non-hydrogen) atoms. The smallest absolute Gasteiger partial charge is 0.251 e. The molecule has 0 bridgehead atoms. The van der Waals surface area contributed by atoms with Crippen LogP contribution in [0.5, 0.6) is 5.75 Å². The van der Waals surface area contributed by atoms with Gasteiger partial charge in [-0.1, -0.05) is 47.6 Å². The molecule has 0 saturated carbocycles. The lowest BCUT2D eigenvalue weighted by Gasteiger charge is -2.08. The van der Waals surface area contributed by atoms with Crippen LogP contribution in [0.3, 0.4) is 0 Å². The largest absolute Gasteiger partial charge is 0.489 e. The van der Waals surface area contributed by atoms with E-state index in [0.717, 1.165) is 10.4 Å². The summed E-state index contributed by atoms with van der Waals surface area (Å²) in [6.07, 6.45) is 0. The molecule has 0 spiro atoms. The topological polar surface area (TPSA) is 77.3 Å². The molecule has 4 aromatic rings. The van der Waals surface area contributed by atoms with E-state index in [1.807, 2.05) is 53.9 Å². The Morgan fingerprint density at radius 1 is 1.07 bits per heavy atom. The van der Waals surface area contributed by atoms with E-state index in [1.54, 1.807) is 18.2 Å². The molecule has 0 aliphatic rings. The molecule has 2 aromatic heterocycles. The van der Waals surface area contributed by atoms with E-state index in [1.165, 1.54) is 11.3 Å². The van der Waals surface area contributed by atoms with Crippen LogP contribution in [0.15, 0.2) is 76.6 Å². The molecule has 0 atom stereocenters. The maximum Gasteiger partial charge on any atom is 0.251 e. The molecule has 0 radical (unpaired) electrons. The number of nitrogens with one attached hydrogen (secondary N) is 1.